The van der Waals surface area contributed by atoms with Gasteiger partial charge in [0.25, 0.3) is 0 Å². The van der Waals surface area contributed by atoms with E-state index in [1.165, 1.54) is 4.90 Å². The summed E-state index contributed by atoms with van der Waals surface area (Å²) in [6, 6.07) is 7.01. The average Bonchev–Trinajstić information content (AvgIpc) is 3.19. The Labute approximate surface area is 173 Å². The van der Waals surface area contributed by atoms with Gasteiger partial charge in [-0.2, -0.15) is 0 Å². The van der Waals surface area contributed by atoms with Crippen LogP contribution in [0.25, 0.3) is 11.4 Å². The number of aromatic nitrogens is 2. The second kappa shape index (κ2) is 8.54. The highest BCUT2D eigenvalue weighted by atomic mass is 16.5. The van der Waals surface area contributed by atoms with Crippen LogP contribution >= 0.6 is 0 Å². The molecule has 0 bridgehead atoms. The lowest BCUT2D eigenvalue weighted by Gasteiger charge is -2.29. The van der Waals surface area contributed by atoms with Crippen molar-refractivity contribution in [2.24, 2.45) is 0 Å². The zero-order valence-electron chi connectivity index (χ0n) is 16.7. The Morgan fingerprint density at radius 3 is 2.53 bits per heavy atom. The third-order valence-corrected chi connectivity index (χ3v) is 5.08. The van der Waals surface area contributed by atoms with E-state index in [4.69, 9.17) is 9.72 Å². The van der Waals surface area contributed by atoms with Crippen LogP contribution in [0.4, 0.5) is 21.1 Å². The lowest BCUT2D eigenvalue weighted by atomic mass is 10.1. The second-order valence-electron chi connectivity index (χ2n) is 7.10. The molecular formula is C20H24N6O4. The summed E-state index contributed by atoms with van der Waals surface area (Å²) in [4.78, 5) is 36.1. The maximum Gasteiger partial charge on any atom is 0.407 e. The molecule has 0 radical (unpaired) electrons. The highest BCUT2D eigenvalue weighted by molar-refractivity contribution is 5.89. The molecule has 1 saturated heterocycles. The first-order valence-electron chi connectivity index (χ1n) is 9.90. The summed E-state index contributed by atoms with van der Waals surface area (Å²) in [6.45, 7) is 5.54. The van der Waals surface area contributed by atoms with E-state index >= 15 is 0 Å². The van der Waals surface area contributed by atoms with E-state index in [-0.39, 0.29) is 19.1 Å². The largest absolute Gasteiger partial charge is 0.465 e. The zero-order valence-corrected chi connectivity index (χ0v) is 16.7. The van der Waals surface area contributed by atoms with Crippen LogP contribution in [0, 0.1) is 0 Å². The maximum atomic E-state index is 11.7. The van der Waals surface area contributed by atoms with Gasteiger partial charge in [-0.05, 0) is 31.2 Å². The number of morpholine rings is 1. The summed E-state index contributed by atoms with van der Waals surface area (Å²) in [5.74, 6) is 1.30. The zero-order chi connectivity index (χ0) is 21.1. The molecule has 10 heteroatoms. The van der Waals surface area contributed by atoms with Gasteiger partial charge in [0.2, 0.25) is 0 Å². The van der Waals surface area contributed by atoms with Crippen LogP contribution in [0.1, 0.15) is 18.2 Å². The van der Waals surface area contributed by atoms with Crippen LogP contribution in [0.5, 0.6) is 0 Å². The van der Waals surface area contributed by atoms with Gasteiger partial charge >= 0.3 is 12.1 Å². The van der Waals surface area contributed by atoms with Crippen molar-refractivity contribution < 1.29 is 19.4 Å². The van der Waals surface area contributed by atoms with Crippen molar-refractivity contribution in [2.75, 3.05) is 43.1 Å². The highest BCUT2D eigenvalue weighted by Gasteiger charge is 2.30. The van der Waals surface area contributed by atoms with Crippen molar-refractivity contribution in [3.63, 3.8) is 0 Å². The van der Waals surface area contributed by atoms with E-state index < -0.39 is 6.09 Å². The number of urea groups is 1. The molecule has 3 amide bonds. The predicted octanol–water partition coefficient (Wildman–Crippen LogP) is 2.12. The summed E-state index contributed by atoms with van der Waals surface area (Å²) in [5, 5.41) is 14.9. The number of nitrogens with one attached hydrogen (secondary N) is 2. The molecule has 10 nitrogen and oxygen atoms in total. The Hall–Kier alpha value is -3.40. The molecule has 2 aromatic rings. The number of nitrogens with zero attached hydrogens (tertiary/aromatic N) is 4. The number of hydrogen-bond acceptors (Lipinski definition) is 6. The van der Waals surface area contributed by atoms with Gasteiger partial charge in [0.1, 0.15) is 5.82 Å². The summed E-state index contributed by atoms with van der Waals surface area (Å²) in [7, 11) is 0. The van der Waals surface area contributed by atoms with Gasteiger partial charge in [-0.3, -0.25) is 4.90 Å². The Morgan fingerprint density at radius 1 is 1.13 bits per heavy atom. The Bertz CT molecular complexity index is 943. The fraction of sp³-hybridized carbons (Fsp3) is 0.400. The molecular weight excluding hydrogens is 388 g/mol. The molecule has 3 N–H and O–H groups in total. The lowest BCUT2D eigenvalue weighted by Crippen LogP contribution is -2.37. The number of anilines is 2. The van der Waals surface area contributed by atoms with Crippen molar-refractivity contribution in [1.29, 1.82) is 0 Å². The Morgan fingerprint density at radius 2 is 1.87 bits per heavy atom. The van der Waals surface area contributed by atoms with Gasteiger partial charge in [-0.15, -0.1) is 0 Å². The number of fused-ring (bicyclic) bond motifs is 1. The van der Waals surface area contributed by atoms with E-state index in [0.29, 0.717) is 44.4 Å². The summed E-state index contributed by atoms with van der Waals surface area (Å²) < 4.78 is 5.45. The van der Waals surface area contributed by atoms with Crippen LogP contribution in [-0.2, 0) is 17.8 Å². The van der Waals surface area contributed by atoms with E-state index in [9.17, 15) is 14.7 Å². The second-order valence-corrected chi connectivity index (χ2v) is 7.10. The summed E-state index contributed by atoms with van der Waals surface area (Å²) in [6.07, 6.45) is -0.969. The number of carboxylic acid groups (broad SMARTS) is 1. The lowest BCUT2D eigenvalue weighted by molar-refractivity contribution is 0.122. The van der Waals surface area contributed by atoms with Gasteiger partial charge in [-0.25, -0.2) is 19.6 Å². The molecule has 0 atom stereocenters. The van der Waals surface area contributed by atoms with Gasteiger partial charge in [-0.1, -0.05) is 0 Å². The fourth-order valence-electron chi connectivity index (χ4n) is 3.58. The summed E-state index contributed by atoms with van der Waals surface area (Å²) >= 11 is 0. The minimum atomic E-state index is -0.969. The first kappa shape index (κ1) is 19.9. The van der Waals surface area contributed by atoms with E-state index in [2.05, 4.69) is 20.5 Å². The molecule has 0 aliphatic carbocycles. The Balaban J connectivity index is 1.64. The highest BCUT2D eigenvalue weighted by Crippen LogP contribution is 2.32. The minimum absolute atomic E-state index is 0.244. The average molecular weight is 412 g/mol. The van der Waals surface area contributed by atoms with Gasteiger partial charge in [0.05, 0.1) is 32.0 Å². The minimum Gasteiger partial charge on any atom is -0.465 e. The van der Waals surface area contributed by atoms with Crippen molar-refractivity contribution in [1.82, 2.24) is 20.2 Å². The molecule has 1 fully saturated rings. The van der Waals surface area contributed by atoms with E-state index in [0.717, 1.165) is 22.6 Å². The quantitative estimate of drug-likeness (QED) is 0.703. The van der Waals surface area contributed by atoms with Crippen molar-refractivity contribution >= 4 is 23.6 Å². The third-order valence-electron chi connectivity index (χ3n) is 5.08. The number of hydrogen-bond donors (Lipinski definition) is 3. The maximum absolute atomic E-state index is 11.7. The number of ether oxygens (including phenoxy) is 1. The van der Waals surface area contributed by atoms with Crippen LogP contribution in [0.15, 0.2) is 24.3 Å². The van der Waals surface area contributed by atoms with Crippen LogP contribution in [0.2, 0.25) is 0 Å². The van der Waals surface area contributed by atoms with Gasteiger partial charge in [0.15, 0.2) is 5.82 Å². The van der Waals surface area contributed by atoms with Crippen molar-refractivity contribution in [3.8, 4) is 11.4 Å². The number of carbonyl (C=O) groups is 2. The molecule has 0 spiro atoms. The number of rotatable bonds is 4. The molecule has 0 saturated carbocycles. The van der Waals surface area contributed by atoms with Crippen LogP contribution in [0.3, 0.4) is 0 Å². The number of benzene rings is 1. The molecule has 3 heterocycles. The SMILES string of the molecule is CCNC(=O)Nc1ccc(-c2nc3c(c(N4CCOCC4)n2)CN(C(=O)O)C3)cc1. The van der Waals surface area contributed by atoms with Crippen molar-refractivity contribution in [2.45, 2.75) is 20.0 Å². The Kier molecular flexibility index (Phi) is 5.66. The number of amides is 3. The molecule has 158 valence electrons. The number of carbonyl (C=O) groups excluding carboxylic acids is 1. The van der Waals surface area contributed by atoms with Crippen molar-refractivity contribution in [3.05, 3.63) is 35.5 Å². The predicted molar refractivity (Wildman–Crippen MR) is 110 cm³/mol. The topological polar surface area (TPSA) is 120 Å². The first-order chi connectivity index (χ1) is 14.5. The smallest absolute Gasteiger partial charge is 0.407 e. The monoisotopic (exact) mass is 412 g/mol. The molecule has 30 heavy (non-hydrogen) atoms. The molecule has 1 aromatic carbocycles. The normalized spacial score (nSPS) is 15.6. The van der Waals surface area contributed by atoms with Crippen LogP contribution in [-0.4, -0.2) is 64.9 Å². The molecule has 4 rings (SSSR count). The molecule has 0 unspecified atom stereocenters. The van der Waals surface area contributed by atoms with Gasteiger partial charge < -0.3 is 25.4 Å². The first-order valence-corrected chi connectivity index (χ1v) is 9.90. The molecule has 2 aliphatic heterocycles. The van der Waals surface area contributed by atoms with Crippen LogP contribution < -0.4 is 15.5 Å². The molecule has 2 aliphatic rings. The summed E-state index contributed by atoms with van der Waals surface area (Å²) in [5.41, 5.74) is 3.05. The molecule has 1 aromatic heterocycles. The van der Waals surface area contributed by atoms with Gasteiger partial charge in [0, 0.05) is 36.4 Å². The third kappa shape index (κ3) is 4.13. The standard InChI is InChI=1S/C20H24N6O4/c1-2-21-19(27)22-14-5-3-13(4-6-14)17-23-16-12-26(20(28)29)11-15(16)18(24-17)25-7-9-30-10-8-25/h3-6H,2,7-12H2,1H3,(H,28,29)(H2,21,22,27). The fourth-order valence-corrected chi connectivity index (χ4v) is 3.58. The van der Waals surface area contributed by atoms with E-state index in [1.807, 2.05) is 19.1 Å². The van der Waals surface area contributed by atoms with E-state index in [1.54, 1.807) is 12.1 Å².